The molecule has 2 heterocycles. The lowest BCUT2D eigenvalue weighted by molar-refractivity contribution is -0.119. The molecule has 0 fully saturated rings. The molecule has 1 aromatic heterocycles. The quantitative estimate of drug-likeness (QED) is 0.852. The number of para-hydroxylation sites is 1. The number of hydrogen-bond donors (Lipinski definition) is 1. The molecule has 0 aliphatic carbocycles. The first-order chi connectivity index (χ1) is 11.1. The van der Waals surface area contributed by atoms with Gasteiger partial charge in [-0.1, -0.05) is 18.2 Å². The Balaban J connectivity index is 1.91. The van der Waals surface area contributed by atoms with Crippen LogP contribution in [0.5, 0.6) is 0 Å². The number of nitrogens with zero attached hydrogens (tertiary/aromatic N) is 1. The second-order valence-corrected chi connectivity index (χ2v) is 5.36. The molecule has 3 rings (SSSR count). The molecule has 1 aliphatic heterocycles. The fourth-order valence-corrected chi connectivity index (χ4v) is 2.91. The van der Waals surface area contributed by atoms with Crippen LogP contribution in [0.2, 0.25) is 0 Å². The molecule has 0 saturated heterocycles. The van der Waals surface area contributed by atoms with Gasteiger partial charge in [0.1, 0.15) is 17.4 Å². The molecule has 0 bridgehead atoms. The highest BCUT2D eigenvalue weighted by Gasteiger charge is 2.34. The minimum absolute atomic E-state index is 0.283. The van der Waals surface area contributed by atoms with Gasteiger partial charge in [0, 0.05) is 12.1 Å². The lowest BCUT2D eigenvalue weighted by Crippen LogP contribution is -2.42. The van der Waals surface area contributed by atoms with E-state index in [2.05, 4.69) is 0 Å². The minimum Gasteiger partial charge on any atom is -0.467 e. The summed E-state index contributed by atoms with van der Waals surface area (Å²) in [6.07, 6.45) is 2.00. The molecule has 0 radical (unpaired) electrons. The van der Waals surface area contributed by atoms with Crippen molar-refractivity contribution in [1.82, 2.24) is 0 Å². The standard InChI is InChI=1S/C17H18N2O4/c1-2-22-17(21)12-7-8-23-15(12)10-19-13-6-4-3-5-11(13)9-14(19)16(18)20/h3-8,14H,2,9-10H2,1H3,(H2,18,20)/t14-/m0/s1. The maximum atomic E-state index is 12.0. The summed E-state index contributed by atoms with van der Waals surface area (Å²) in [5.74, 6) is -0.365. The van der Waals surface area contributed by atoms with Crippen LogP contribution in [0.1, 0.15) is 28.6 Å². The first-order valence-corrected chi connectivity index (χ1v) is 7.49. The molecule has 1 amide bonds. The molecule has 6 heteroatoms. The zero-order valence-corrected chi connectivity index (χ0v) is 12.8. The van der Waals surface area contributed by atoms with Gasteiger partial charge in [0.25, 0.3) is 0 Å². The van der Waals surface area contributed by atoms with Crippen LogP contribution in [0.25, 0.3) is 0 Å². The molecule has 2 N–H and O–H groups in total. The molecular weight excluding hydrogens is 296 g/mol. The van der Waals surface area contributed by atoms with Gasteiger partial charge < -0.3 is 19.8 Å². The van der Waals surface area contributed by atoms with Gasteiger partial charge in [-0.25, -0.2) is 4.79 Å². The summed E-state index contributed by atoms with van der Waals surface area (Å²) in [5.41, 5.74) is 7.90. The maximum Gasteiger partial charge on any atom is 0.341 e. The second-order valence-electron chi connectivity index (χ2n) is 5.36. The van der Waals surface area contributed by atoms with Crippen molar-refractivity contribution in [2.45, 2.75) is 25.9 Å². The van der Waals surface area contributed by atoms with E-state index in [-0.39, 0.29) is 6.54 Å². The third-order valence-electron chi connectivity index (χ3n) is 3.97. The van der Waals surface area contributed by atoms with E-state index in [1.54, 1.807) is 13.0 Å². The fraction of sp³-hybridized carbons (Fsp3) is 0.294. The minimum atomic E-state index is -0.451. The zero-order chi connectivity index (χ0) is 16.4. The van der Waals surface area contributed by atoms with Gasteiger partial charge in [-0.3, -0.25) is 4.79 Å². The summed E-state index contributed by atoms with van der Waals surface area (Å²) in [4.78, 5) is 25.6. The van der Waals surface area contributed by atoms with Crippen LogP contribution >= 0.6 is 0 Å². The molecule has 120 valence electrons. The Bertz CT molecular complexity index is 738. The Hall–Kier alpha value is -2.76. The maximum absolute atomic E-state index is 12.0. The van der Waals surface area contributed by atoms with E-state index < -0.39 is 17.9 Å². The van der Waals surface area contributed by atoms with Crippen LogP contribution in [-0.2, 0) is 22.5 Å². The van der Waals surface area contributed by atoms with E-state index in [9.17, 15) is 9.59 Å². The first-order valence-electron chi connectivity index (χ1n) is 7.49. The Kier molecular flexibility index (Phi) is 4.06. The number of hydrogen-bond acceptors (Lipinski definition) is 5. The molecule has 1 aliphatic rings. The Morgan fingerprint density at radius 3 is 2.87 bits per heavy atom. The van der Waals surface area contributed by atoms with Crippen molar-refractivity contribution >= 4 is 17.6 Å². The summed E-state index contributed by atoms with van der Waals surface area (Å²) < 4.78 is 10.5. The summed E-state index contributed by atoms with van der Waals surface area (Å²) >= 11 is 0. The van der Waals surface area contributed by atoms with Gasteiger partial charge in [-0.2, -0.15) is 0 Å². The smallest absolute Gasteiger partial charge is 0.341 e. The second kappa shape index (κ2) is 6.16. The molecule has 0 unspecified atom stereocenters. The average molecular weight is 314 g/mol. The average Bonchev–Trinajstić information content (AvgIpc) is 3.13. The predicted molar refractivity (Wildman–Crippen MR) is 84.0 cm³/mol. The van der Waals surface area contributed by atoms with E-state index in [1.807, 2.05) is 29.2 Å². The number of benzene rings is 1. The van der Waals surface area contributed by atoms with E-state index in [0.29, 0.717) is 24.4 Å². The summed E-state index contributed by atoms with van der Waals surface area (Å²) in [6.45, 7) is 2.32. The van der Waals surface area contributed by atoms with Crippen molar-refractivity contribution < 1.29 is 18.7 Å². The normalized spacial score (nSPS) is 16.2. The van der Waals surface area contributed by atoms with Crippen molar-refractivity contribution in [3.8, 4) is 0 Å². The summed E-state index contributed by atoms with van der Waals surface area (Å²) in [6, 6.07) is 8.87. The van der Waals surface area contributed by atoms with Gasteiger partial charge in [0.15, 0.2) is 0 Å². The number of furan rings is 1. The summed E-state index contributed by atoms with van der Waals surface area (Å²) in [5, 5.41) is 0. The topological polar surface area (TPSA) is 85.8 Å². The van der Waals surface area contributed by atoms with E-state index >= 15 is 0 Å². The largest absolute Gasteiger partial charge is 0.467 e. The number of esters is 1. The van der Waals surface area contributed by atoms with Crippen LogP contribution in [0.3, 0.4) is 0 Å². The van der Waals surface area contributed by atoms with Crippen molar-refractivity contribution in [3.63, 3.8) is 0 Å². The Morgan fingerprint density at radius 1 is 1.35 bits per heavy atom. The fourth-order valence-electron chi connectivity index (χ4n) is 2.91. The van der Waals surface area contributed by atoms with Crippen molar-refractivity contribution in [3.05, 3.63) is 53.5 Å². The third kappa shape index (κ3) is 2.79. The lowest BCUT2D eigenvalue weighted by Gasteiger charge is -2.24. The Labute approximate surface area is 133 Å². The molecule has 6 nitrogen and oxygen atoms in total. The Morgan fingerprint density at radius 2 is 2.13 bits per heavy atom. The third-order valence-corrected chi connectivity index (χ3v) is 3.97. The molecular formula is C17H18N2O4. The number of carbonyl (C=O) groups excluding carboxylic acids is 2. The van der Waals surface area contributed by atoms with E-state index in [1.165, 1.54) is 6.26 Å². The zero-order valence-electron chi connectivity index (χ0n) is 12.8. The predicted octanol–water partition coefficient (Wildman–Crippen LogP) is 1.87. The number of amides is 1. The highest BCUT2D eigenvalue weighted by atomic mass is 16.5. The van der Waals surface area contributed by atoms with Crippen molar-refractivity contribution in [1.29, 1.82) is 0 Å². The molecule has 1 aromatic carbocycles. The van der Waals surface area contributed by atoms with Crippen molar-refractivity contribution in [2.24, 2.45) is 5.73 Å². The first kappa shape index (κ1) is 15.1. The van der Waals surface area contributed by atoms with Gasteiger partial charge >= 0.3 is 5.97 Å². The van der Waals surface area contributed by atoms with Crippen molar-refractivity contribution in [2.75, 3.05) is 11.5 Å². The van der Waals surface area contributed by atoms with Gasteiger partial charge in [0.05, 0.1) is 19.4 Å². The number of ether oxygens (including phenoxy) is 1. The molecule has 0 spiro atoms. The molecule has 2 aromatic rings. The number of carbonyl (C=O) groups is 2. The van der Waals surface area contributed by atoms with Crippen LogP contribution in [0, 0.1) is 0 Å². The van der Waals surface area contributed by atoms with Gasteiger partial charge in [0.2, 0.25) is 5.91 Å². The van der Waals surface area contributed by atoms with Crippen LogP contribution in [0.15, 0.2) is 41.0 Å². The van der Waals surface area contributed by atoms with Crippen LogP contribution < -0.4 is 10.6 Å². The monoisotopic (exact) mass is 314 g/mol. The van der Waals surface area contributed by atoms with Gasteiger partial charge in [-0.15, -0.1) is 0 Å². The summed E-state index contributed by atoms with van der Waals surface area (Å²) in [7, 11) is 0. The number of rotatable bonds is 5. The van der Waals surface area contributed by atoms with E-state index in [4.69, 9.17) is 14.9 Å². The highest BCUT2D eigenvalue weighted by molar-refractivity contribution is 5.91. The molecule has 1 atom stereocenters. The number of anilines is 1. The van der Waals surface area contributed by atoms with Gasteiger partial charge in [-0.05, 0) is 24.6 Å². The highest BCUT2D eigenvalue weighted by Crippen LogP contribution is 2.33. The number of nitrogens with two attached hydrogens (primary N) is 1. The number of fused-ring (bicyclic) bond motifs is 1. The lowest BCUT2D eigenvalue weighted by atomic mass is 10.1. The van der Waals surface area contributed by atoms with E-state index in [0.717, 1.165) is 11.3 Å². The van der Waals surface area contributed by atoms with Crippen LogP contribution in [-0.4, -0.2) is 24.5 Å². The number of primary amides is 1. The van der Waals surface area contributed by atoms with Crippen LogP contribution in [0.4, 0.5) is 5.69 Å². The SMILES string of the molecule is CCOC(=O)c1ccoc1CN1c2ccccc2C[C@H]1C(N)=O. The molecule has 0 saturated carbocycles. The molecule has 23 heavy (non-hydrogen) atoms.